The molecule has 1 saturated heterocycles. The van der Waals surface area contributed by atoms with Crippen LogP contribution < -0.4 is 0 Å². The number of aliphatic hydroxyl groups excluding tert-OH is 1. The maximum Gasteiger partial charge on any atom is 0.338 e. The average molecular weight is 368 g/mol. The van der Waals surface area contributed by atoms with Gasteiger partial charge in [-0.15, -0.1) is 0 Å². The number of aliphatic hydroxyl groups is 1. The quantitative estimate of drug-likeness (QED) is 0.621. The fourth-order valence-corrected chi connectivity index (χ4v) is 2.62. The number of carbonyl (C=O) groups is 2. The van der Waals surface area contributed by atoms with Crippen LogP contribution in [0.15, 0.2) is 24.3 Å². The first kappa shape index (κ1) is 20.2. The first-order valence-corrected chi connectivity index (χ1v) is 8.47. The predicted molar refractivity (Wildman–Crippen MR) is 89.7 cm³/mol. The van der Waals surface area contributed by atoms with Crippen molar-refractivity contribution in [2.45, 2.75) is 63.8 Å². The minimum Gasteiger partial charge on any atom is -0.508 e. The van der Waals surface area contributed by atoms with Gasteiger partial charge < -0.3 is 29.5 Å². The van der Waals surface area contributed by atoms with Crippen molar-refractivity contribution in [3.63, 3.8) is 0 Å². The fourth-order valence-electron chi connectivity index (χ4n) is 2.62. The maximum atomic E-state index is 12.2. The summed E-state index contributed by atoms with van der Waals surface area (Å²) in [5.74, 6) is -1.45. The summed E-state index contributed by atoms with van der Waals surface area (Å²) in [5, 5.41) is 28.2. The predicted octanol–water partition coefficient (Wildman–Crippen LogP) is 1.68. The third-order valence-corrected chi connectivity index (χ3v) is 4.15. The van der Waals surface area contributed by atoms with Gasteiger partial charge in [0, 0.05) is 12.8 Å². The highest BCUT2D eigenvalue weighted by Crippen LogP contribution is 2.26. The molecule has 8 heteroatoms. The summed E-state index contributed by atoms with van der Waals surface area (Å²) < 4.78 is 16.6. The molecule has 144 valence electrons. The number of aromatic hydroxyl groups is 1. The minimum absolute atomic E-state index is 0.0353. The molecule has 1 fully saturated rings. The molecule has 1 aliphatic heterocycles. The van der Waals surface area contributed by atoms with Crippen LogP contribution in [0.25, 0.3) is 0 Å². The molecular formula is C18H24O8. The average Bonchev–Trinajstić information content (AvgIpc) is 2.58. The molecule has 8 nitrogen and oxygen atoms in total. The minimum atomic E-state index is -1.00. The van der Waals surface area contributed by atoms with Crippen LogP contribution in [0.3, 0.4) is 0 Å². The van der Waals surface area contributed by atoms with Gasteiger partial charge in [-0.25, -0.2) is 4.79 Å². The van der Waals surface area contributed by atoms with E-state index in [2.05, 4.69) is 0 Å². The Labute approximate surface area is 151 Å². The van der Waals surface area contributed by atoms with Crippen LogP contribution in [0, 0.1) is 0 Å². The summed E-state index contributed by atoms with van der Waals surface area (Å²) in [7, 11) is 0. The topological polar surface area (TPSA) is 123 Å². The van der Waals surface area contributed by atoms with Gasteiger partial charge in [-0.3, -0.25) is 4.79 Å². The van der Waals surface area contributed by atoms with Crippen molar-refractivity contribution < 1.29 is 39.1 Å². The molecule has 0 unspecified atom stereocenters. The molecule has 1 aromatic rings. The third-order valence-electron chi connectivity index (χ3n) is 4.15. The zero-order valence-corrected chi connectivity index (χ0v) is 14.7. The summed E-state index contributed by atoms with van der Waals surface area (Å²) in [5.41, 5.74) is 0.283. The lowest BCUT2D eigenvalue weighted by molar-refractivity contribution is -0.273. The smallest absolute Gasteiger partial charge is 0.338 e. The van der Waals surface area contributed by atoms with E-state index in [0.29, 0.717) is 6.42 Å². The molecule has 5 atom stereocenters. The number of rotatable bonds is 7. The highest BCUT2D eigenvalue weighted by molar-refractivity contribution is 5.89. The molecular weight excluding hydrogens is 344 g/mol. The van der Waals surface area contributed by atoms with Gasteiger partial charge in [-0.05, 0) is 44.5 Å². The summed E-state index contributed by atoms with van der Waals surface area (Å²) in [6.07, 6.45) is -3.05. The Morgan fingerprint density at radius 3 is 2.58 bits per heavy atom. The van der Waals surface area contributed by atoms with E-state index in [0.717, 1.165) is 0 Å². The van der Waals surface area contributed by atoms with Gasteiger partial charge in [0.2, 0.25) is 0 Å². The Hall–Kier alpha value is -2.16. The summed E-state index contributed by atoms with van der Waals surface area (Å²) in [6, 6.07) is 5.65. The number of esters is 1. The number of hydrogen-bond acceptors (Lipinski definition) is 7. The number of carboxylic acid groups (broad SMARTS) is 1. The number of aliphatic carboxylic acids is 1. The summed E-state index contributed by atoms with van der Waals surface area (Å²) >= 11 is 0. The maximum absolute atomic E-state index is 12.2. The molecule has 1 heterocycles. The molecule has 1 aliphatic rings. The van der Waals surface area contributed by atoms with Crippen molar-refractivity contribution in [1.82, 2.24) is 0 Å². The van der Waals surface area contributed by atoms with Crippen molar-refractivity contribution in [2.24, 2.45) is 0 Å². The van der Waals surface area contributed by atoms with Crippen molar-refractivity contribution in [1.29, 1.82) is 0 Å². The Kier molecular flexibility index (Phi) is 6.96. The number of phenols is 1. The molecule has 1 aromatic carbocycles. The normalized spacial score (nSPS) is 26.9. The Bertz CT molecular complexity index is 614. The van der Waals surface area contributed by atoms with E-state index >= 15 is 0 Å². The van der Waals surface area contributed by atoms with Gasteiger partial charge >= 0.3 is 11.9 Å². The van der Waals surface area contributed by atoms with Crippen molar-refractivity contribution in [3.8, 4) is 5.75 Å². The van der Waals surface area contributed by atoms with Gasteiger partial charge in [-0.2, -0.15) is 0 Å². The molecule has 2 rings (SSSR count). The monoisotopic (exact) mass is 368 g/mol. The summed E-state index contributed by atoms with van der Waals surface area (Å²) in [4.78, 5) is 22.8. The van der Waals surface area contributed by atoms with E-state index < -0.39 is 42.6 Å². The van der Waals surface area contributed by atoms with E-state index in [1.54, 1.807) is 13.8 Å². The highest BCUT2D eigenvalue weighted by Gasteiger charge is 2.38. The zero-order chi connectivity index (χ0) is 19.3. The summed E-state index contributed by atoms with van der Waals surface area (Å²) in [6.45, 7) is 3.42. The molecule has 0 saturated carbocycles. The number of carbonyl (C=O) groups excluding carboxylic acids is 1. The molecule has 0 amide bonds. The van der Waals surface area contributed by atoms with Gasteiger partial charge in [0.25, 0.3) is 0 Å². The van der Waals surface area contributed by atoms with E-state index in [4.69, 9.17) is 19.3 Å². The number of phenolic OH excluding ortho intramolecular Hbond substituents is 1. The van der Waals surface area contributed by atoms with Crippen molar-refractivity contribution in [3.05, 3.63) is 29.8 Å². The Morgan fingerprint density at radius 2 is 1.96 bits per heavy atom. The van der Waals surface area contributed by atoms with Crippen molar-refractivity contribution in [2.75, 3.05) is 0 Å². The van der Waals surface area contributed by atoms with Crippen molar-refractivity contribution >= 4 is 11.9 Å². The second-order valence-corrected chi connectivity index (χ2v) is 6.38. The molecule has 0 spiro atoms. The van der Waals surface area contributed by atoms with Crippen LogP contribution in [0.5, 0.6) is 5.75 Å². The third kappa shape index (κ3) is 5.69. The molecule has 0 aromatic heterocycles. The molecule has 26 heavy (non-hydrogen) atoms. The molecule has 0 radical (unpaired) electrons. The van der Waals surface area contributed by atoms with Crippen LogP contribution >= 0.6 is 0 Å². The lowest BCUT2D eigenvalue weighted by Crippen LogP contribution is -2.49. The zero-order valence-electron chi connectivity index (χ0n) is 14.7. The number of benzene rings is 1. The number of ether oxygens (including phenoxy) is 3. The first-order chi connectivity index (χ1) is 12.3. The van der Waals surface area contributed by atoms with Crippen LogP contribution in [-0.4, -0.2) is 58.0 Å². The van der Waals surface area contributed by atoms with Gasteiger partial charge in [0.1, 0.15) is 18.0 Å². The van der Waals surface area contributed by atoms with E-state index in [-0.39, 0.29) is 24.2 Å². The Morgan fingerprint density at radius 1 is 1.31 bits per heavy atom. The lowest BCUT2D eigenvalue weighted by atomic mass is 10.0. The largest absolute Gasteiger partial charge is 0.508 e. The molecule has 0 bridgehead atoms. The second kappa shape index (κ2) is 8.98. The van der Waals surface area contributed by atoms with E-state index in [1.165, 1.54) is 24.3 Å². The second-order valence-electron chi connectivity index (χ2n) is 6.38. The number of hydrogen-bond donors (Lipinski definition) is 3. The first-order valence-electron chi connectivity index (χ1n) is 8.47. The van der Waals surface area contributed by atoms with Crippen LogP contribution in [0.1, 0.15) is 43.5 Å². The molecule has 0 aliphatic carbocycles. The fraction of sp³-hybridized carbons (Fsp3) is 0.556. The lowest BCUT2D eigenvalue weighted by Gasteiger charge is -2.38. The van der Waals surface area contributed by atoms with Gasteiger partial charge in [0.15, 0.2) is 6.29 Å². The number of carboxylic acids is 1. The Balaban J connectivity index is 1.88. The van der Waals surface area contributed by atoms with E-state index in [1.807, 2.05) is 0 Å². The van der Waals surface area contributed by atoms with Crippen LogP contribution in [0.4, 0.5) is 0 Å². The standard InChI is InChI=1S/C18H24O8/c1-10(3-8-16(21)22)24-18-14(20)9-15(11(2)25-18)26-17(23)12-4-6-13(19)7-5-12/h4-7,10-11,14-15,18-20H,3,8-9H2,1-2H3,(H,21,22)/t10-,11+,14-,15-,18-/m1/s1. The molecule has 3 N–H and O–H groups in total. The van der Waals surface area contributed by atoms with Gasteiger partial charge in [0.05, 0.1) is 17.8 Å². The van der Waals surface area contributed by atoms with Crippen LogP contribution in [-0.2, 0) is 19.0 Å². The SMILES string of the molecule is C[C@H](CCC(=O)O)O[C@@H]1O[C@@H](C)[C@H](OC(=O)c2ccc(O)cc2)C[C@H]1O. The van der Waals surface area contributed by atoms with Gasteiger partial charge in [-0.1, -0.05) is 0 Å². The van der Waals surface area contributed by atoms with Crippen LogP contribution in [0.2, 0.25) is 0 Å². The van der Waals surface area contributed by atoms with E-state index in [9.17, 15) is 19.8 Å². The highest BCUT2D eigenvalue weighted by atomic mass is 16.7.